The van der Waals surface area contributed by atoms with Crippen molar-refractivity contribution in [3.05, 3.63) is 71.2 Å². The summed E-state index contributed by atoms with van der Waals surface area (Å²) in [6.45, 7) is 6.50. The largest absolute Gasteiger partial charge is 0.326 e. The molecule has 30 heavy (non-hydrogen) atoms. The van der Waals surface area contributed by atoms with Crippen molar-refractivity contribution >= 4 is 38.1 Å². The molecular weight excluding hydrogens is 418 g/mol. The molecule has 3 aromatic rings. The van der Waals surface area contributed by atoms with Crippen LogP contribution in [0, 0.1) is 0 Å². The van der Waals surface area contributed by atoms with Gasteiger partial charge in [0.25, 0.3) is 10.0 Å². The molecule has 0 radical (unpaired) electrons. The zero-order valence-electron chi connectivity index (χ0n) is 17.2. The molecule has 1 aromatic heterocycles. The molecule has 3 rings (SSSR count). The Bertz CT molecular complexity index is 1080. The Labute approximate surface area is 181 Å². The van der Waals surface area contributed by atoms with Crippen LogP contribution in [0.3, 0.4) is 0 Å². The van der Waals surface area contributed by atoms with E-state index in [2.05, 4.69) is 60.1 Å². The molecule has 0 saturated carbocycles. The Hall–Kier alpha value is -2.71. The Morgan fingerprint density at radius 3 is 2.27 bits per heavy atom. The Morgan fingerprint density at radius 2 is 1.70 bits per heavy atom. The van der Waals surface area contributed by atoms with Crippen LogP contribution in [0.1, 0.15) is 38.3 Å². The second kappa shape index (κ2) is 8.97. The molecule has 0 atom stereocenters. The second-order valence-electron chi connectivity index (χ2n) is 7.96. The van der Waals surface area contributed by atoms with Crippen molar-refractivity contribution < 1.29 is 13.2 Å². The van der Waals surface area contributed by atoms with Gasteiger partial charge >= 0.3 is 0 Å². The fourth-order valence-electron chi connectivity index (χ4n) is 2.82. The van der Waals surface area contributed by atoms with Crippen LogP contribution < -0.4 is 10.0 Å². The molecule has 1 amide bonds. The standard InChI is InChI=1S/C22H25N3O3S2/c1-22(2,3)17-7-4-16(5-8-17)6-13-20(26)24-18-9-11-19(12-10-18)30(27,28)25-21-23-14-15-29-21/h4-5,7-12,14-15H,6,13H2,1-3H3,(H,23,25)(H,24,26). The predicted molar refractivity (Wildman–Crippen MR) is 121 cm³/mol. The molecule has 2 N–H and O–H groups in total. The number of nitrogens with one attached hydrogen (secondary N) is 2. The summed E-state index contributed by atoms with van der Waals surface area (Å²) in [5.41, 5.74) is 3.02. The lowest BCUT2D eigenvalue weighted by Gasteiger charge is -2.19. The number of hydrogen-bond acceptors (Lipinski definition) is 5. The Morgan fingerprint density at radius 1 is 1.03 bits per heavy atom. The van der Waals surface area contributed by atoms with E-state index in [1.807, 2.05) is 0 Å². The van der Waals surface area contributed by atoms with Gasteiger partial charge < -0.3 is 5.32 Å². The SMILES string of the molecule is CC(C)(C)c1ccc(CCC(=O)Nc2ccc(S(=O)(=O)Nc3nccs3)cc2)cc1. The summed E-state index contributed by atoms with van der Waals surface area (Å²) in [4.78, 5) is 16.3. The third-order valence-electron chi connectivity index (χ3n) is 4.56. The van der Waals surface area contributed by atoms with Gasteiger partial charge in [0.2, 0.25) is 5.91 Å². The molecule has 0 aliphatic carbocycles. The fraction of sp³-hybridized carbons (Fsp3) is 0.273. The minimum absolute atomic E-state index is 0.103. The number of thiazole rings is 1. The van der Waals surface area contributed by atoms with E-state index < -0.39 is 10.0 Å². The number of aromatic nitrogens is 1. The van der Waals surface area contributed by atoms with Crippen LogP contribution in [-0.4, -0.2) is 19.3 Å². The van der Waals surface area contributed by atoms with Crippen LogP contribution in [0.15, 0.2) is 65.0 Å². The number of sulfonamides is 1. The summed E-state index contributed by atoms with van der Waals surface area (Å²) in [7, 11) is -3.70. The Kier molecular flexibility index (Phi) is 6.58. The molecule has 2 aromatic carbocycles. The molecule has 0 bridgehead atoms. The van der Waals surface area contributed by atoms with Crippen molar-refractivity contribution in [3.8, 4) is 0 Å². The number of rotatable bonds is 7. The van der Waals surface area contributed by atoms with Gasteiger partial charge in [-0.25, -0.2) is 13.4 Å². The van der Waals surface area contributed by atoms with Gasteiger partial charge in [-0.1, -0.05) is 45.0 Å². The van der Waals surface area contributed by atoms with Gasteiger partial charge in [-0.15, -0.1) is 11.3 Å². The van der Waals surface area contributed by atoms with E-state index in [1.165, 1.54) is 35.2 Å². The van der Waals surface area contributed by atoms with Crippen molar-refractivity contribution in [2.75, 3.05) is 10.0 Å². The lowest BCUT2D eigenvalue weighted by atomic mass is 9.86. The molecule has 0 unspecified atom stereocenters. The van der Waals surface area contributed by atoms with Crippen molar-refractivity contribution in [1.82, 2.24) is 4.98 Å². The fourth-order valence-corrected chi connectivity index (χ4v) is 4.61. The Balaban J connectivity index is 1.54. The lowest BCUT2D eigenvalue weighted by Crippen LogP contribution is -2.14. The number of carbonyl (C=O) groups excluding carboxylic acids is 1. The highest BCUT2D eigenvalue weighted by molar-refractivity contribution is 7.93. The minimum Gasteiger partial charge on any atom is -0.326 e. The van der Waals surface area contributed by atoms with Crippen molar-refractivity contribution in [2.24, 2.45) is 0 Å². The normalized spacial score (nSPS) is 11.8. The number of hydrogen-bond donors (Lipinski definition) is 2. The molecular formula is C22H25N3O3S2. The monoisotopic (exact) mass is 443 g/mol. The molecule has 1 heterocycles. The molecule has 0 aliphatic heterocycles. The number of anilines is 2. The van der Waals surface area contributed by atoms with Crippen LogP contribution in [0.2, 0.25) is 0 Å². The first-order valence-corrected chi connectivity index (χ1v) is 11.9. The average molecular weight is 444 g/mol. The highest BCUT2D eigenvalue weighted by atomic mass is 32.2. The molecule has 6 nitrogen and oxygen atoms in total. The molecule has 0 saturated heterocycles. The van der Waals surface area contributed by atoms with E-state index in [-0.39, 0.29) is 16.2 Å². The van der Waals surface area contributed by atoms with Crippen LogP contribution in [0.4, 0.5) is 10.8 Å². The van der Waals surface area contributed by atoms with E-state index in [0.717, 1.165) is 5.56 Å². The highest BCUT2D eigenvalue weighted by Gasteiger charge is 2.16. The second-order valence-corrected chi connectivity index (χ2v) is 10.5. The topological polar surface area (TPSA) is 88.2 Å². The highest BCUT2D eigenvalue weighted by Crippen LogP contribution is 2.23. The maximum absolute atomic E-state index is 12.3. The van der Waals surface area contributed by atoms with Gasteiger partial charge in [0.05, 0.1) is 4.90 Å². The zero-order valence-corrected chi connectivity index (χ0v) is 18.8. The van der Waals surface area contributed by atoms with Crippen LogP contribution in [0.5, 0.6) is 0 Å². The third-order valence-corrected chi connectivity index (χ3v) is 6.74. The number of nitrogens with zero attached hydrogens (tertiary/aromatic N) is 1. The van der Waals surface area contributed by atoms with E-state index >= 15 is 0 Å². The molecule has 158 valence electrons. The van der Waals surface area contributed by atoms with E-state index in [0.29, 0.717) is 23.7 Å². The van der Waals surface area contributed by atoms with Gasteiger partial charge in [0.15, 0.2) is 5.13 Å². The van der Waals surface area contributed by atoms with Gasteiger partial charge in [-0.3, -0.25) is 9.52 Å². The summed E-state index contributed by atoms with van der Waals surface area (Å²) < 4.78 is 27.1. The number of carbonyl (C=O) groups is 1. The van der Waals surface area contributed by atoms with Gasteiger partial charge in [-0.05, 0) is 47.2 Å². The lowest BCUT2D eigenvalue weighted by molar-refractivity contribution is -0.116. The zero-order chi connectivity index (χ0) is 21.8. The summed E-state index contributed by atoms with van der Waals surface area (Å²) >= 11 is 1.20. The summed E-state index contributed by atoms with van der Waals surface area (Å²) in [5.74, 6) is -0.119. The first-order chi connectivity index (χ1) is 14.1. The van der Waals surface area contributed by atoms with E-state index in [9.17, 15) is 13.2 Å². The van der Waals surface area contributed by atoms with Gasteiger partial charge in [-0.2, -0.15) is 0 Å². The first-order valence-electron chi connectivity index (χ1n) is 9.55. The molecule has 0 spiro atoms. The molecule has 0 fully saturated rings. The van der Waals surface area contributed by atoms with Gasteiger partial charge in [0, 0.05) is 23.7 Å². The predicted octanol–water partition coefficient (Wildman–Crippen LogP) is 4.81. The molecule has 0 aliphatic rings. The van der Waals surface area contributed by atoms with Crippen LogP contribution in [0.25, 0.3) is 0 Å². The molecule has 8 heteroatoms. The van der Waals surface area contributed by atoms with Crippen molar-refractivity contribution in [3.63, 3.8) is 0 Å². The van der Waals surface area contributed by atoms with Crippen LogP contribution >= 0.6 is 11.3 Å². The van der Waals surface area contributed by atoms with E-state index in [4.69, 9.17) is 0 Å². The third kappa shape index (κ3) is 5.90. The first kappa shape index (κ1) is 22.0. The number of aryl methyl sites for hydroxylation is 1. The number of benzene rings is 2. The van der Waals surface area contributed by atoms with Crippen LogP contribution in [-0.2, 0) is 26.7 Å². The minimum atomic E-state index is -3.70. The van der Waals surface area contributed by atoms with Gasteiger partial charge in [0.1, 0.15) is 0 Å². The summed E-state index contributed by atoms with van der Waals surface area (Å²) in [5, 5.41) is 4.81. The van der Waals surface area contributed by atoms with E-state index in [1.54, 1.807) is 17.5 Å². The summed E-state index contributed by atoms with van der Waals surface area (Å²) in [6.07, 6.45) is 2.51. The quantitative estimate of drug-likeness (QED) is 0.548. The maximum atomic E-state index is 12.3. The average Bonchev–Trinajstić information content (AvgIpc) is 3.19. The smallest absolute Gasteiger partial charge is 0.263 e. The summed E-state index contributed by atoms with van der Waals surface area (Å²) in [6, 6.07) is 14.4. The maximum Gasteiger partial charge on any atom is 0.263 e. The van der Waals surface area contributed by atoms with Crippen molar-refractivity contribution in [1.29, 1.82) is 0 Å². The number of amides is 1. The van der Waals surface area contributed by atoms with Crippen molar-refractivity contribution in [2.45, 2.75) is 43.9 Å².